The molecule has 1 unspecified atom stereocenters. The molecule has 2 amide bonds. The summed E-state index contributed by atoms with van der Waals surface area (Å²) in [5.41, 5.74) is 0.490. The fourth-order valence-corrected chi connectivity index (χ4v) is 6.70. The molecule has 240 valence electrons. The quantitative estimate of drug-likeness (QED) is 0.181. The van der Waals surface area contributed by atoms with Gasteiger partial charge in [0.25, 0.3) is 5.91 Å². The minimum atomic E-state index is -4.09. The van der Waals surface area contributed by atoms with Gasteiger partial charge in [0.1, 0.15) is 6.04 Å². The Bertz CT molecular complexity index is 1050. The number of carbonyl (C=O) groups is 3. The highest BCUT2D eigenvalue weighted by molar-refractivity contribution is 7.88. The number of nitrogens with one attached hydrogen (secondary N) is 4. The fraction of sp³-hybridized carbons (Fsp3) is 0.679. The fourth-order valence-electron chi connectivity index (χ4n) is 5.45. The number of aliphatic carboxylic acids is 1. The second kappa shape index (κ2) is 19.3. The molecule has 42 heavy (non-hydrogen) atoms. The number of piperidine rings is 2. The van der Waals surface area contributed by atoms with Crippen LogP contribution in [0.5, 0.6) is 0 Å². The molecule has 2 aliphatic rings. The van der Waals surface area contributed by atoms with Crippen molar-refractivity contribution in [2.24, 2.45) is 17.8 Å². The Labute approximate surface area is 262 Å². The molecule has 14 heteroatoms. The molecule has 2 saturated heterocycles. The molecular weight excluding hydrogens is 605 g/mol. The van der Waals surface area contributed by atoms with Crippen molar-refractivity contribution in [3.8, 4) is 0 Å². The highest BCUT2D eigenvalue weighted by atomic mass is 35.5. The summed E-state index contributed by atoms with van der Waals surface area (Å²) in [5.74, 6) is -1.99. The lowest BCUT2D eigenvalue weighted by atomic mass is 9.84. The molecular formula is C28H47Cl2N5O6S. The highest BCUT2D eigenvalue weighted by Crippen LogP contribution is 2.27. The highest BCUT2D eigenvalue weighted by Gasteiger charge is 2.31. The Morgan fingerprint density at radius 2 is 1.43 bits per heavy atom. The van der Waals surface area contributed by atoms with E-state index in [4.69, 9.17) is 0 Å². The van der Waals surface area contributed by atoms with E-state index in [0.29, 0.717) is 22.4 Å². The summed E-state index contributed by atoms with van der Waals surface area (Å²) in [6.45, 7) is 4.67. The third kappa shape index (κ3) is 13.1. The maximum absolute atomic E-state index is 13.3. The lowest BCUT2D eigenvalue weighted by Crippen LogP contribution is -2.56. The lowest BCUT2D eigenvalue weighted by molar-refractivity contribution is -0.150. The average molecular weight is 653 g/mol. The standard InChI is InChI=1S/C28H45N5O6S.2ClH/c1-21(28(36)37)33(32-40(38,39)20-24-5-3-2-4-6-24)26(34)19-31-27(35)25(9-7-22-11-15-29-16-12-22)10-8-23-13-17-30-18-14-23;;/h2-6,21-23,25,29-30,32H,7-20H2,1H3,(H,31,35)(H,36,37);2*1H. The van der Waals surface area contributed by atoms with Crippen LogP contribution >= 0.6 is 24.8 Å². The molecule has 11 nitrogen and oxygen atoms in total. The Kier molecular flexibility index (Phi) is 17.5. The van der Waals surface area contributed by atoms with Gasteiger partial charge in [0.05, 0.1) is 12.3 Å². The van der Waals surface area contributed by atoms with Crippen molar-refractivity contribution in [3.05, 3.63) is 35.9 Å². The lowest BCUT2D eigenvalue weighted by Gasteiger charge is -2.28. The number of nitrogens with zero attached hydrogens (tertiary/aromatic N) is 1. The molecule has 2 fully saturated rings. The summed E-state index contributed by atoms with van der Waals surface area (Å²) in [4.78, 5) is 40.2. The first-order valence-electron chi connectivity index (χ1n) is 14.4. The van der Waals surface area contributed by atoms with Gasteiger partial charge in [-0.05, 0) is 102 Å². The Balaban J connectivity index is 0.00000441. The number of benzene rings is 1. The third-order valence-electron chi connectivity index (χ3n) is 8.00. The van der Waals surface area contributed by atoms with Crippen LogP contribution in [0.1, 0.15) is 63.9 Å². The second-order valence-electron chi connectivity index (χ2n) is 11.1. The van der Waals surface area contributed by atoms with E-state index in [0.717, 1.165) is 77.5 Å². The molecule has 1 aromatic carbocycles. The Hall–Kier alpha value is -1.96. The zero-order valence-electron chi connectivity index (χ0n) is 24.3. The van der Waals surface area contributed by atoms with Crippen LogP contribution in [-0.2, 0) is 30.2 Å². The molecule has 5 N–H and O–H groups in total. The van der Waals surface area contributed by atoms with E-state index in [1.165, 1.54) is 6.92 Å². The van der Waals surface area contributed by atoms with Gasteiger partial charge < -0.3 is 21.1 Å². The SMILES string of the molecule is CC(C(=O)O)N(NS(=O)(=O)Cc1ccccc1)C(=O)CNC(=O)C(CCC1CCNCC1)CCC1CCNCC1.Cl.Cl. The van der Waals surface area contributed by atoms with E-state index in [2.05, 4.69) is 20.8 Å². The number of hydrogen-bond acceptors (Lipinski definition) is 7. The summed E-state index contributed by atoms with van der Waals surface area (Å²) < 4.78 is 25.5. The molecule has 0 aromatic heterocycles. The minimum absolute atomic E-state index is 0. The van der Waals surface area contributed by atoms with Crippen molar-refractivity contribution in [3.63, 3.8) is 0 Å². The maximum Gasteiger partial charge on any atom is 0.327 e. The van der Waals surface area contributed by atoms with E-state index in [1.54, 1.807) is 30.3 Å². The summed E-state index contributed by atoms with van der Waals surface area (Å²) in [7, 11) is -4.09. The van der Waals surface area contributed by atoms with Crippen LogP contribution in [-0.4, -0.2) is 75.1 Å². The predicted molar refractivity (Wildman–Crippen MR) is 167 cm³/mol. The summed E-state index contributed by atoms with van der Waals surface area (Å²) >= 11 is 0. The van der Waals surface area contributed by atoms with E-state index < -0.39 is 40.2 Å². The number of sulfonamides is 1. The van der Waals surface area contributed by atoms with Crippen molar-refractivity contribution in [2.75, 3.05) is 32.7 Å². The molecule has 0 bridgehead atoms. The van der Waals surface area contributed by atoms with Gasteiger partial charge in [-0.1, -0.05) is 30.3 Å². The number of amides is 2. The molecule has 1 atom stereocenters. The first-order chi connectivity index (χ1) is 19.1. The van der Waals surface area contributed by atoms with Gasteiger partial charge in [-0.15, -0.1) is 29.6 Å². The number of halogens is 2. The second-order valence-corrected chi connectivity index (χ2v) is 12.8. The number of rotatable bonds is 15. The van der Waals surface area contributed by atoms with Crippen LogP contribution in [0.2, 0.25) is 0 Å². The van der Waals surface area contributed by atoms with Crippen LogP contribution < -0.4 is 20.8 Å². The first kappa shape index (κ1) is 38.1. The van der Waals surface area contributed by atoms with E-state index >= 15 is 0 Å². The van der Waals surface area contributed by atoms with Crippen molar-refractivity contribution >= 4 is 52.6 Å². The van der Waals surface area contributed by atoms with E-state index in [9.17, 15) is 27.9 Å². The van der Waals surface area contributed by atoms with Crippen molar-refractivity contribution < 1.29 is 27.9 Å². The molecule has 0 spiro atoms. The van der Waals surface area contributed by atoms with Gasteiger partial charge in [0, 0.05) is 5.92 Å². The minimum Gasteiger partial charge on any atom is -0.480 e. The van der Waals surface area contributed by atoms with Gasteiger partial charge in [-0.3, -0.25) is 9.59 Å². The zero-order chi connectivity index (χ0) is 29.0. The number of carboxylic acids is 1. The number of hydrazine groups is 1. The van der Waals surface area contributed by atoms with E-state index in [1.807, 2.05) is 0 Å². The van der Waals surface area contributed by atoms with Crippen LogP contribution in [0, 0.1) is 17.8 Å². The Morgan fingerprint density at radius 1 is 0.929 bits per heavy atom. The number of carbonyl (C=O) groups excluding carboxylic acids is 2. The zero-order valence-corrected chi connectivity index (χ0v) is 26.7. The van der Waals surface area contributed by atoms with Crippen molar-refractivity contribution in [1.82, 2.24) is 25.8 Å². The van der Waals surface area contributed by atoms with Crippen LogP contribution in [0.4, 0.5) is 0 Å². The van der Waals surface area contributed by atoms with Crippen molar-refractivity contribution in [1.29, 1.82) is 0 Å². The molecule has 0 aliphatic carbocycles. The predicted octanol–water partition coefficient (Wildman–Crippen LogP) is 2.46. The molecule has 2 aliphatic heterocycles. The molecule has 1 aromatic rings. The molecule has 2 heterocycles. The van der Waals surface area contributed by atoms with Gasteiger partial charge in [0.15, 0.2) is 0 Å². The van der Waals surface area contributed by atoms with Gasteiger partial charge in [0.2, 0.25) is 15.9 Å². The van der Waals surface area contributed by atoms with Crippen molar-refractivity contribution in [2.45, 2.75) is 70.1 Å². The monoisotopic (exact) mass is 651 g/mol. The first-order valence-corrected chi connectivity index (χ1v) is 16.1. The maximum atomic E-state index is 13.3. The Morgan fingerprint density at radius 3 is 1.90 bits per heavy atom. The molecule has 0 saturated carbocycles. The van der Waals surface area contributed by atoms with Crippen LogP contribution in [0.3, 0.4) is 0 Å². The van der Waals surface area contributed by atoms with Gasteiger partial charge in [-0.25, -0.2) is 18.2 Å². The van der Waals surface area contributed by atoms with Gasteiger partial charge >= 0.3 is 5.97 Å². The number of hydrogen-bond donors (Lipinski definition) is 5. The summed E-state index contributed by atoms with van der Waals surface area (Å²) in [5, 5.41) is 19.5. The largest absolute Gasteiger partial charge is 0.480 e. The summed E-state index contributed by atoms with van der Waals surface area (Å²) in [6.07, 6.45) is 7.71. The van der Waals surface area contributed by atoms with Crippen LogP contribution in [0.25, 0.3) is 0 Å². The van der Waals surface area contributed by atoms with Crippen LogP contribution in [0.15, 0.2) is 30.3 Å². The topological polar surface area (TPSA) is 157 Å². The van der Waals surface area contributed by atoms with Gasteiger partial charge in [-0.2, -0.15) is 0 Å². The van der Waals surface area contributed by atoms with E-state index in [-0.39, 0.29) is 36.6 Å². The molecule has 0 radical (unpaired) electrons. The molecule has 3 rings (SSSR count). The third-order valence-corrected chi connectivity index (χ3v) is 9.19. The average Bonchev–Trinajstić information content (AvgIpc) is 2.95. The normalized spacial score (nSPS) is 17.0. The summed E-state index contributed by atoms with van der Waals surface area (Å²) in [6, 6.07) is 6.91. The number of carboxylic acid groups (broad SMARTS) is 1. The smallest absolute Gasteiger partial charge is 0.327 e.